The quantitative estimate of drug-likeness (QED) is 0.683. The molecule has 8 heteroatoms. The van der Waals surface area contributed by atoms with Crippen LogP contribution in [-0.4, -0.2) is 17.6 Å². The molecule has 0 atom stereocenters. The van der Waals surface area contributed by atoms with Gasteiger partial charge in [0.15, 0.2) is 0 Å². The van der Waals surface area contributed by atoms with E-state index in [4.69, 9.17) is 0 Å². The molecule has 2 aromatic carbocycles. The molecule has 0 aliphatic carbocycles. The highest BCUT2D eigenvalue weighted by Gasteiger charge is 2.18. The highest BCUT2D eigenvalue weighted by atomic mass is 79.9. The summed E-state index contributed by atoms with van der Waals surface area (Å²) in [6, 6.07) is 11.6. The maximum Gasteiger partial charge on any atom is 0.329 e. The van der Waals surface area contributed by atoms with Gasteiger partial charge in [0, 0.05) is 17.6 Å². The maximum atomic E-state index is 12.6. The minimum absolute atomic E-state index is 0.102. The Balaban J connectivity index is 2.15. The highest BCUT2D eigenvalue weighted by molar-refractivity contribution is 9.10. The number of rotatable bonds is 5. The molecule has 0 saturated heterocycles. The number of nitrogens with zero attached hydrogens (tertiary/aromatic N) is 2. The van der Waals surface area contributed by atoms with Gasteiger partial charge in [-0.25, -0.2) is 13.2 Å². The van der Waals surface area contributed by atoms with E-state index >= 15 is 0 Å². The summed E-state index contributed by atoms with van der Waals surface area (Å²) < 4.78 is 31.6. The third-order valence-corrected chi connectivity index (χ3v) is 6.08. The van der Waals surface area contributed by atoms with Crippen molar-refractivity contribution in [2.45, 2.75) is 31.8 Å². The van der Waals surface area contributed by atoms with Crippen LogP contribution < -0.4 is 10.4 Å². The normalized spacial score (nSPS) is 11.8. The number of halogens is 1. The van der Waals surface area contributed by atoms with E-state index in [9.17, 15) is 13.2 Å². The number of aromatic nitrogens is 2. The lowest BCUT2D eigenvalue weighted by Crippen LogP contribution is -2.23. The fraction of sp³-hybridized carbons (Fsp3) is 0.235. The van der Waals surface area contributed by atoms with E-state index in [-0.39, 0.29) is 10.6 Å². The summed E-state index contributed by atoms with van der Waals surface area (Å²) in [5, 5.41) is 0. The number of nitrogens with one attached hydrogen (secondary N) is 1. The average Bonchev–Trinajstić information content (AvgIpc) is 2.85. The first-order valence-corrected chi connectivity index (χ1v) is 10.2. The summed E-state index contributed by atoms with van der Waals surface area (Å²) in [5.74, 6) is 0. The number of hydrogen-bond donors (Lipinski definition) is 1. The zero-order valence-electron chi connectivity index (χ0n) is 13.9. The van der Waals surface area contributed by atoms with E-state index in [0.29, 0.717) is 28.8 Å². The van der Waals surface area contributed by atoms with Crippen molar-refractivity contribution in [3.63, 3.8) is 0 Å². The number of anilines is 1. The molecule has 132 valence electrons. The van der Waals surface area contributed by atoms with Gasteiger partial charge in [0.05, 0.1) is 21.6 Å². The SMILES string of the molecule is CCn1c(=O)n(CC)c2cc(NS(=O)(=O)c3ccccc3)c(Br)cc21. The molecule has 0 unspecified atom stereocenters. The van der Waals surface area contributed by atoms with Crippen LogP contribution in [0.3, 0.4) is 0 Å². The lowest BCUT2D eigenvalue weighted by Gasteiger charge is -2.11. The Labute approximate surface area is 154 Å². The Hall–Kier alpha value is -2.06. The molecular weight excluding hydrogens is 406 g/mol. The molecule has 0 fully saturated rings. The second-order valence-corrected chi connectivity index (χ2v) is 8.05. The van der Waals surface area contributed by atoms with Crippen molar-refractivity contribution in [1.82, 2.24) is 9.13 Å². The molecule has 3 aromatic rings. The topological polar surface area (TPSA) is 73.1 Å². The summed E-state index contributed by atoms with van der Waals surface area (Å²) >= 11 is 3.41. The van der Waals surface area contributed by atoms with Gasteiger partial charge in [0.2, 0.25) is 0 Å². The first-order valence-electron chi connectivity index (χ1n) is 7.89. The Morgan fingerprint density at radius 1 is 1.00 bits per heavy atom. The Bertz CT molecular complexity index is 1090. The van der Waals surface area contributed by atoms with Gasteiger partial charge >= 0.3 is 5.69 Å². The second kappa shape index (κ2) is 6.68. The number of benzene rings is 2. The molecule has 6 nitrogen and oxygen atoms in total. The molecule has 1 aromatic heterocycles. The van der Waals surface area contributed by atoms with Crippen LogP contribution in [0.25, 0.3) is 11.0 Å². The number of imidazole rings is 1. The van der Waals surface area contributed by atoms with E-state index < -0.39 is 10.0 Å². The molecule has 0 radical (unpaired) electrons. The third-order valence-electron chi connectivity index (χ3n) is 4.04. The molecule has 0 amide bonds. The van der Waals surface area contributed by atoms with Crippen LogP contribution in [0.5, 0.6) is 0 Å². The van der Waals surface area contributed by atoms with Crippen LogP contribution in [0.15, 0.2) is 56.6 Å². The highest BCUT2D eigenvalue weighted by Crippen LogP contribution is 2.30. The van der Waals surface area contributed by atoms with Gasteiger partial charge in [0.1, 0.15) is 0 Å². The van der Waals surface area contributed by atoms with E-state index in [0.717, 1.165) is 5.52 Å². The van der Waals surface area contributed by atoms with Gasteiger partial charge in [-0.05, 0) is 54.0 Å². The van der Waals surface area contributed by atoms with E-state index in [2.05, 4.69) is 20.7 Å². The number of hydrogen-bond acceptors (Lipinski definition) is 3. The van der Waals surface area contributed by atoms with Crippen LogP contribution in [0.2, 0.25) is 0 Å². The first kappa shape index (κ1) is 17.8. The minimum Gasteiger partial charge on any atom is -0.292 e. The zero-order valence-corrected chi connectivity index (χ0v) is 16.3. The van der Waals surface area contributed by atoms with Crippen molar-refractivity contribution in [3.8, 4) is 0 Å². The van der Waals surface area contributed by atoms with Gasteiger partial charge in [-0.15, -0.1) is 0 Å². The molecule has 25 heavy (non-hydrogen) atoms. The first-order chi connectivity index (χ1) is 11.9. The summed E-state index contributed by atoms with van der Waals surface area (Å²) in [7, 11) is -3.71. The molecule has 0 spiro atoms. The van der Waals surface area contributed by atoms with Gasteiger partial charge in [0.25, 0.3) is 10.0 Å². The molecule has 1 N–H and O–H groups in total. The predicted octanol–water partition coefficient (Wildman–Crippen LogP) is 3.41. The van der Waals surface area contributed by atoms with Crippen LogP contribution >= 0.6 is 15.9 Å². The van der Waals surface area contributed by atoms with E-state index in [1.807, 2.05) is 13.8 Å². The summed E-state index contributed by atoms with van der Waals surface area (Å²) in [6.45, 7) is 4.84. The van der Waals surface area contributed by atoms with Crippen molar-refractivity contribution in [2.75, 3.05) is 4.72 Å². The minimum atomic E-state index is -3.71. The largest absolute Gasteiger partial charge is 0.329 e. The van der Waals surface area contributed by atoms with Gasteiger partial charge in [-0.3, -0.25) is 13.9 Å². The average molecular weight is 424 g/mol. The van der Waals surface area contributed by atoms with Crippen LogP contribution in [0.4, 0.5) is 5.69 Å². The fourth-order valence-corrected chi connectivity index (χ4v) is 4.48. The van der Waals surface area contributed by atoms with Crippen LogP contribution in [0, 0.1) is 0 Å². The molecule has 0 aliphatic heterocycles. The summed E-state index contributed by atoms with van der Waals surface area (Å²) in [4.78, 5) is 12.6. The molecule has 1 heterocycles. The molecule has 0 saturated carbocycles. The monoisotopic (exact) mass is 423 g/mol. The lowest BCUT2D eigenvalue weighted by molar-refractivity contribution is 0.601. The van der Waals surface area contributed by atoms with Crippen molar-refractivity contribution in [2.24, 2.45) is 0 Å². The van der Waals surface area contributed by atoms with Crippen LogP contribution in [-0.2, 0) is 23.1 Å². The Morgan fingerprint density at radius 3 is 2.12 bits per heavy atom. The number of fused-ring (bicyclic) bond motifs is 1. The Kier molecular flexibility index (Phi) is 4.75. The smallest absolute Gasteiger partial charge is 0.292 e. The van der Waals surface area contributed by atoms with Gasteiger partial charge < -0.3 is 0 Å². The maximum absolute atomic E-state index is 12.6. The van der Waals surface area contributed by atoms with E-state index in [1.165, 1.54) is 12.1 Å². The number of sulfonamides is 1. The fourth-order valence-electron chi connectivity index (χ4n) is 2.83. The summed E-state index contributed by atoms with van der Waals surface area (Å²) in [5.41, 5.74) is 1.76. The van der Waals surface area contributed by atoms with Crippen molar-refractivity contribution in [3.05, 3.63) is 57.4 Å². The van der Waals surface area contributed by atoms with Gasteiger partial charge in [-0.2, -0.15) is 0 Å². The van der Waals surface area contributed by atoms with Crippen molar-refractivity contribution < 1.29 is 8.42 Å². The zero-order chi connectivity index (χ0) is 18.2. The molecule has 0 aliphatic rings. The van der Waals surface area contributed by atoms with Crippen LogP contribution in [0.1, 0.15) is 13.8 Å². The summed E-state index contributed by atoms with van der Waals surface area (Å²) in [6.07, 6.45) is 0. The standard InChI is InChI=1S/C17H18BrN3O3S/c1-3-20-15-10-13(18)14(11-16(15)21(4-2)17(20)22)19-25(23,24)12-8-6-5-7-9-12/h5-11,19H,3-4H2,1-2H3. The van der Waals surface area contributed by atoms with Gasteiger partial charge in [-0.1, -0.05) is 18.2 Å². The lowest BCUT2D eigenvalue weighted by atomic mass is 10.2. The second-order valence-electron chi connectivity index (χ2n) is 5.51. The Morgan fingerprint density at radius 2 is 1.56 bits per heavy atom. The molecular formula is C17H18BrN3O3S. The predicted molar refractivity (Wildman–Crippen MR) is 102 cm³/mol. The molecule has 3 rings (SSSR count). The molecule has 0 bridgehead atoms. The van der Waals surface area contributed by atoms with Crippen molar-refractivity contribution in [1.29, 1.82) is 0 Å². The number of aryl methyl sites for hydroxylation is 2. The van der Waals surface area contributed by atoms with Crippen molar-refractivity contribution >= 4 is 42.7 Å². The third kappa shape index (κ3) is 3.11. The van der Waals surface area contributed by atoms with E-state index in [1.54, 1.807) is 39.5 Å².